The molecule has 0 aliphatic heterocycles. The second-order valence-corrected chi connectivity index (χ2v) is 5.23. The zero-order chi connectivity index (χ0) is 17.6. The van der Waals surface area contributed by atoms with Crippen LogP contribution in [0.1, 0.15) is 5.56 Å². The van der Waals surface area contributed by atoms with E-state index in [0.29, 0.717) is 5.56 Å². The number of hydrogen-bond acceptors (Lipinski definition) is 3. The molecule has 0 fully saturated rings. The third kappa shape index (κ3) is 4.41. The molecule has 0 atom stereocenters. The van der Waals surface area contributed by atoms with Crippen LogP contribution in [0.25, 0.3) is 5.69 Å². The Balaban J connectivity index is 1.67. The van der Waals surface area contributed by atoms with Gasteiger partial charge in [0.1, 0.15) is 5.75 Å². The van der Waals surface area contributed by atoms with Crippen LogP contribution in [0.4, 0.5) is 14.5 Å². The normalized spacial score (nSPS) is 10.7. The van der Waals surface area contributed by atoms with Crippen LogP contribution in [0.2, 0.25) is 0 Å². The quantitative estimate of drug-likeness (QED) is 0.743. The Morgan fingerprint density at radius 3 is 2.60 bits per heavy atom. The van der Waals surface area contributed by atoms with E-state index in [1.54, 1.807) is 29.2 Å². The van der Waals surface area contributed by atoms with Gasteiger partial charge in [0.25, 0.3) is 0 Å². The number of aromatic nitrogens is 2. The Hall–Kier alpha value is -3.22. The molecule has 0 saturated heterocycles. The fourth-order valence-corrected chi connectivity index (χ4v) is 2.32. The number of hydrogen-bond donors (Lipinski definition) is 1. The average Bonchev–Trinajstić information content (AvgIpc) is 3.05. The second kappa shape index (κ2) is 7.57. The topological polar surface area (TPSA) is 56.2 Å². The minimum Gasteiger partial charge on any atom is -0.433 e. The third-order valence-corrected chi connectivity index (χ3v) is 3.40. The summed E-state index contributed by atoms with van der Waals surface area (Å²) in [4.78, 5) is 12.2. The number of alkyl halides is 2. The molecule has 0 radical (unpaired) electrons. The van der Waals surface area contributed by atoms with Crippen molar-refractivity contribution < 1.29 is 18.3 Å². The number of nitrogens with one attached hydrogen (secondary N) is 1. The van der Waals surface area contributed by atoms with Crippen LogP contribution in [0.3, 0.4) is 0 Å². The maximum Gasteiger partial charge on any atom is 0.387 e. The van der Waals surface area contributed by atoms with E-state index in [2.05, 4.69) is 15.2 Å². The molecule has 3 aromatic rings. The first-order valence-corrected chi connectivity index (χ1v) is 7.54. The predicted octanol–water partition coefficient (Wildman–Crippen LogP) is 3.65. The summed E-state index contributed by atoms with van der Waals surface area (Å²) in [5.74, 6) is -0.427. The van der Waals surface area contributed by atoms with Crippen LogP contribution in [0, 0.1) is 0 Å². The monoisotopic (exact) mass is 343 g/mol. The molecule has 0 unspecified atom stereocenters. The van der Waals surface area contributed by atoms with Gasteiger partial charge < -0.3 is 10.1 Å². The van der Waals surface area contributed by atoms with E-state index in [4.69, 9.17) is 0 Å². The van der Waals surface area contributed by atoms with Crippen molar-refractivity contribution in [3.63, 3.8) is 0 Å². The highest BCUT2D eigenvalue weighted by molar-refractivity contribution is 5.93. The van der Waals surface area contributed by atoms with Crippen molar-refractivity contribution in [1.82, 2.24) is 9.78 Å². The summed E-state index contributed by atoms with van der Waals surface area (Å²) in [7, 11) is 0. The van der Waals surface area contributed by atoms with Crippen molar-refractivity contribution in [2.45, 2.75) is 13.0 Å². The van der Waals surface area contributed by atoms with Crippen molar-refractivity contribution in [2.75, 3.05) is 5.32 Å². The molecule has 0 saturated carbocycles. The van der Waals surface area contributed by atoms with E-state index in [9.17, 15) is 13.6 Å². The third-order valence-electron chi connectivity index (χ3n) is 3.40. The van der Waals surface area contributed by atoms with E-state index in [1.807, 2.05) is 30.3 Å². The molecule has 1 amide bonds. The Bertz CT molecular complexity index is 850. The maximum absolute atomic E-state index is 12.4. The summed E-state index contributed by atoms with van der Waals surface area (Å²) < 4.78 is 30.9. The second-order valence-electron chi connectivity index (χ2n) is 5.23. The molecule has 3 rings (SSSR count). The number of anilines is 1. The van der Waals surface area contributed by atoms with Gasteiger partial charge in [-0.2, -0.15) is 13.9 Å². The zero-order valence-corrected chi connectivity index (χ0v) is 13.1. The summed E-state index contributed by atoms with van der Waals surface area (Å²) in [5.41, 5.74) is 1.78. The van der Waals surface area contributed by atoms with Crippen molar-refractivity contribution >= 4 is 11.6 Å². The highest BCUT2D eigenvalue weighted by atomic mass is 19.3. The van der Waals surface area contributed by atoms with Gasteiger partial charge in [-0.25, -0.2) is 4.68 Å². The van der Waals surface area contributed by atoms with Gasteiger partial charge in [-0.3, -0.25) is 4.79 Å². The molecule has 0 aliphatic rings. The zero-order valence-electron chi connectivity index (χ0n) is 13.1. The van der Waals surface area contributed by atoms with Crippen LogP contribution < -0.4 is 10.1 Å². The summed E-state index contributed by atoms with van der Waals surface area (Å²) in [6.45, 7) is -2.96. The van der Waals surface area contributed by atoms with Crippen LogP contribution in [0.5, 0.6) is 5.75 Å². The van der Waals surface area contributed by atoms with Gasteiger partial charge in [-0.15, -0.1) is 0 Å². The Kier molecular flexibility index (Phi) is 5.03. The van der Waals surface area contributed by atoms with E-state index in [-0.39, 0.29) is 23.8 Å². The molecule has 1 N–H and O–H groups in total. The van der Waals surface area contributed by atoms with E-state index in [0.717, 1.165) is 5.69 Å². The molecule has 0 spiro atoms. The molecule has 2 aromatic carbocycles. The van der Waals surface area contributed by atoms with Crippen LogP contribution in [-0.4, -0.2) is 22.3 Å². The number of carbonyl (C=O) groups is 1. The van der Waals surface area contributed by atoms with Crippen LogP contribution in [0.15, 0.2) is 67.0 Å². The first-order valence-electron chi connectivity index (χ1n) is 7.54. The molecular formula is C18H15F2N3O2. The molecule has 128 valence electrons. The summed E-state index contributed by atoms with van der Waals surface area (Å²) in [5, 5.41) is 6.80. The van der Waals surface area contributed by atoms with Gasteiger partial charge in [0, 0.05) is 6.20 Å². The first-order chi connectivity index (χ1) is 12.1. The summed E-state index contributed by atoms with van der Waals surface area (Å²) in [6.07, 6.45) is 3.40. The van der Waals surface area contributed by atoms with Gasteiger partial charge in [0.05, 0.1) is 24.0 Å². The van der Waals surface area contributed by atoms with Crippen LogP contribution in [-0.2, 0) is 11.2 Å². The number of ether oxygens (including phenoxy) is 1. The first kappa shape index (κ1) is 16.6. The van der Waals surface area contributed by atoms with Crippen molar-refractivity contribution in [3.8, 4) is 11.4 Å². The fraction of sp³-hybridized carbons (Fsp3) is 0.111. The Labute approximate surface area is 142 Å². The molecule has 1 heterocycles. The smallest absolute Gasteiger partial charge is 0.387 e. The minimum atomic E-state index is -2.96. The van der Waals surface area contributed by atoms with Gasteiger partial charge in [0.2, 0.25) is 5.91 Å². The number of nitrogens with zero attached hydrogens (tertiary/aromatic N) is 2. The Morgan fingerprint density at radius 1 is 1.12 bits per heavy atom. The number of para-hydroxylation sites is 3. The SMILES string of the molecule is O=C(Cc1cnn(-c2ccccc2)c1)Nc1ccccc1OC(F)F. The van der Waals surface area contributed by atoms with Gasteiger partial charge in [-0.05, 0) is 29.8 Å². The Morgan fingerprint density at radius 2 is 1.84 bits per heavy atom. The van der Waals surface area contributed by atoms with Crippen molar-refractivity contribution in [2.24, 2.45) is 0 Å². The lowest BCUT2D eigenvalue weighted by Crippen LogP contribution is -2.15. The van der Waals surface area contributed by atoms with Crippen LogP contribution >= 0.6 is 0 Å². The number of benzene rings is 2. The largest absolute Gasteiger partial charge is 0.433 e. The molecule has 0 aliphatic carbocycles. The molecule has 0 bridgehead atoms. The lowest BCUT2D eigenvalue weighted by atomic mass is 10.2. The molecule has 25 heavy (non-hydrogen) atoms. The standard InChI is InChI=1S/C18H15F2N3O2/c19-18(20)25-16-9-5-4-8-15(16)22-17(24)10-13-11-21-23(12-13)14-6-2-1-3-7-14/h1-9,11-12,18H,10H2,(H,22,24). The van der Waals surface area contributed by atoms with Gasteiger partial charge >= 0.3 is 6.61 Å². The number of halogens is 2. The van der Waals surface area contributed by atoms with E-state index in [1.165, 1.54) is 12.1 Å². The van der Waals surface area contributed by atoms with Gasteiger partial charge in [-0.1, -0.05) is 30.3 Å². The minimum absolute atomic E-state index is 0.0653. The number of rotatable bonds is 6. The molecule has 7 heteroatoms. The fourth-order valence-electron chi connectivity index (χ4n) is 2.32. The van der Waals surface area contributed by atoms with Crippen molar-refractivity contribution in [3.05, 3.63) is 72.6 Å². The lowest BCUT2D eigenvalue weighted by Gasteiger charge is -2.11. The summed E-state index contributed by atoms with van der Waals surface area (Å²) in [6, 6.07) is 15.5. The highest BCUT2D eigenvalue weighted by Gasteiger charge is 2.12. The van der Waals surface area contributed by atoms with Crippen molar-refractivity contribution in [1.29, 1.82) is 0 Å². The molecule has 1 aromatic heterocycles. The maximum atomic E-state index is 12.4. The molecular weight excluding hydrogens is 328 g/mol. The number of carbonyl (C=O) groups excluding carboxylic acids is 1. The lowest BCUT2D eigenvalue weighted by molar-refractivity contribution is -0.115. The highest BCUT2D eigenvalue weighted by Crippen LogP contribution is 2.25. The predicted molar refractivity (Wildman–Crippen MR) is 89.0 cm³/mol. The average molecular weight is 343 g/mol. The van der Waals surface area contributed by atoms with Gasteiger partial charge in [0.15, 0.2) is 0 Å². The van der Waals surface area contributed by atoms with E-state index < -0.39 is 6.61 Å². The van der Waals surface area contributed by atoms with E-state index >= 15 is 0 Å². The summed E-state index contributed by atoms with van der Waals surface area (Å²) >= 11 is 0. The number of amides is 1. The molecule has 5 nitrogen and oxygen atoms in total.